The molecule has 166 valence electrons. The molecule has 4 rings (SSSR count). The number of aromatic nitrogens is 1. The van der Waals surface area contributed by atoms with E-state index in [2.05, 4.69) is 4.98 Å². The fourth-order valence-electron chi connectivity index (χ4n) is 4.47. The number of carbonyl (C=O) groups is 2. The molecule has 3 aliphatic rings. The van der Waals surface area contributed by atoms with E-state index in [0.29, 0.717) is 50.5 Å². The maximum Gasteiger partial charge on any atom is 0.282 e. The fourth-order valence-corrected chi connectivity index (χ4v) is 6.14. The molecule has 4 heterocycles. The first kappa shape index (κ1) is 21.3. The highest BCUT2D eigenvalue weighted by atomic mass is 32.2. The van der Waals surface area contributed by atoms with E-state index in [1.807, 2.05) is 0 Å². The predicted molar refractivity (Wildman–Crippen MR) is 112 cm³/mol. The van der Waals surface area contributed by atoms with Gasteiger partial charge in [-0.1, -0.05) is 12.8 Å². The minimum absolute atomic E-state index is 0.0695. The minimum Gasteiger partial charge on any atom is -0.356 e. The smallest absolute Gasteiger partial charge is 0.282 e. The number of rotatable bonds is 4. The molecule has 0 aromatic carbocycles. The van der Waals surface area contributed by atoms with E-state index in [-0.39, 0.29) is 11.8 Å². The van der Waals surface area contributed by atoms with Gasteiger partial charge in [-0.25, -0.2) is 0 Å². The normalized spacial score (nSPS) is 22.3. The van der Waals surface area contributed by atoms with Gasteiger partial charge in [-0.2, -0.15) is 17.0 Å². The van der Waals surface area contributed by atoms with Crippen LogP contribution in [0.3, 0.4) is 0 Å². The molecule has 3 fully saturated rings. The maximum atomic E-state index is 12.9. The third kappa shape index (κ3) is 4.40. The molecule has 0 spiro atoms. The van der Waals surface area contributed by atoms with Crippen molar-refractivity contribution < 1.29 is 18.0 Å². The van der Waals surface area contributed by atoms with Crippen LogP contribution in [0.15, 0.2) is 12.3 Å². The number of hydrogen-bond donors (Lipinski definition) is 1. The molecular weight excluding hydrogens is 406 g/mol. The van der Waals surface area contributed by atoms with Crippen LogP contribution in [0.2, 0.25) is 0 Å². The summed E-state index contributed by atoms with van der Waals surface area (Å²) in [6.45, 7) is 3.99. The number of likely N-dealkylation sites (tertiary alicyclic amines) is 1. The SMILES string of the molecule is O=C(c1c[nH]c(C(=O)N2CCCC2)c1)N1CCN(S(=O)(=O)N2CCCCCC2)CC1. The van der Waals surface area contributed by atoms with E-state index in [1.165, 1.54) is 4.31 Å². The molecule has 3 aliphatic heterocycles. The zero-order valence-corrected chi connectivity index (χ0v) is 18.2. The largest absolute Gasteiger partial charge is 0.356 e. The third-order valence-corrected chi connectivity index (χ3v) is 8.33. The molecule has 9 nitrogen and oxygen atoms in total. The summed E-state index contributed by atoms with van der Waals surface area (Å²) in [7, 11) is -3.47. The van der Waals surface area contributed by atoms with Gasteiger partial charge in [0.25, 0.3) is 22.0 Å². The van der Waals surface area contributed by atoms with Crippen LogP contribution >= 0.6 is 0 Å². The van der Waals surface area contributed by atoms with E-state index in [1.54, 1.807) is 26.4 Å². The second kappa shape index (κ2) is 9.07. The van der Waals surface area contributed by atoms with E-state index in [4.69, 9.17) is 0 Å². The second-order valence-electron chi connectivity index (χ2n) is 8.31. The Kier molecular flexibility index (Phi) is 6.45. The van der Waals surface area contributed by atoms with Gasteiger partial charge in [-0.05, 0) is 31.7 Å². The number of hydrogen-bond acceptors (Lipinski definition) is 4. The molecule has 30 heavy (non-hydrogen) atoms. The van der Waals surface area contributed by atoms with Crippen molar-refractivity contribution in [3.05, 3.63) is 23.5 Å². The van der Waals surface area contributed by atoms with Crippen LogP contribution in [-0.2, 0) is 10.2 Å². The molecule has 0 bridgehead atoms. The average Bonchev–Trinajstić information content (AvgIpc) is 3.40. The third-order valence-electron chi connectivity index (χ3n) is 6.30. The average molecular weight is 438 g/mol. The van der Waals surface area contributed by atoms with E-state index < -0.39 is 10.2 Å². The molecule has 3 saturated heterocycles. The van der Waals surface area contributed by atoms with Crippen LogP contribution in [0.1, 0.15) is 59.4 Å². The van der Waals surface area contributed by atoms with Crippen LogP contribution in [0, 0.1) is 0 Å². The summed E-state index contributed by atoms with van der Waals surface area (Å²) in [5.74, 6) is -0.238. The number of aromatic amines is 1. The first-order chi connectivity index (χ1) is 14.5. The Morgan fingerprint density at radius 2 is 1.23 bits per heavy atom. The standard InChI is InChI=1S/C20H31N5O4S/c26-19(17-15-18(21-16-17)20(27)22-7-5-6-8-22)23-11-13-25(14-12-23)30(28,29)24-9-3-1-2-4-10-24/h15-16,21H,1-14H2. The minimum atomic E-state index is -3.47. The van der Waals surface area contributed by atoms with Crippen LogP contribution in [-0.4, -0.2) is 96.0 Å². The Balaban J connectivity index is 1.35. The number of nitrogens with one attached hydrogen (secondary N) is 1. The monoisotopic (exact) mass is 437 g/mol. The number of piperazine rings is 1. The fraction of sp³-hybridized carbons (Fsp3) is 0.700. The van der Waals surface area contributed by atoms with Crippen molar-refractivity contribution in [3.63, 3.8) is 0 Å². The summed E-state index contributed by atoms with van der Waals surface area (Å²) < 4.78 is 29.0. The van der Waals surface area contributed by atoms with Crippen LogP contribution in [0.25, 0.3) is 0 Å². The highest BCUT2D eigenvalue weighted by molar-refractivity contribution is 7.86. The van der Waals surface area contributed by atoms with Gasteiger partial charge in [0, 0.05) is 58.6 Å². The number of carbonyl (C=O) groups excluding carboxylic acids is 2. The number of nitrogens with zero attached hydrogens (tertiary/aromatic N) is 4. The summed E-state index contributed by atoms with van der Waals surface area (Å²) in [6, 6.07) is 1.61. The second-order valence-corrected chi connectivity index (χ2v) is 10.2. The predicted octanol–water partition coefficient (Wildman–Crippen LogP) is 1.13. The van der Waals surface area contributed by atoms with Crippen LogP contribution in [0.4, 0.5) is 0 Å². The Labute approximate surface area is 178 Å². The highest BCUT2D eigenvalue weighted by Gasteiger charge is 2.34. The Morgan fingerprint density at radius 3 is 1.87 bits per heavy atom. The lowest BCUT2D eigenvalue weighted by Crippen LogP contribution is -2.54. The van der Waals surface area contributed by atoms with Crippen molar-refractivity contribution >= 4 is 22.0 Å². The number of amides is 2. The first-order valence-corrected chi connectivity index (χ1v) is 12.4. The molecule has 10 heteroatoms. The van der Waals surface area contributed by atoms with Gasteiger partial charge in [0.1, 0.15) is 5.69 Å². The van der Waals surface area contributed by atoms with Crippen molar-refractivity contribution in [2.24, 2.45) is 0 Å². The van der Waals surface area contributed by atoms with Gasteiger partial charge in [-0.15, -0.1) is 0 Å². The van der Waals surface area contributed by atoms with Crippen LogP contribution < -0.4 is 0 Å². The van der Waals surface area contributed by atoms with Crippen molar-refractivity contribution in [2.75, 3.05) is 52.4 Å². The zero-order chi connectivity index (χ0) is 21.1. The quantitative estimate of drug-likeness (QED) is 0.764. The van der Waals surface area contributed by atoms with Crippen molar-refractivity contribution in [2.45, 2.75) is 38.5 Å². The number of H-pyrrole nitrogens is 1. The summed E-state index contributed by atoms with van der Waals surface area (Å²) in [6.07, 6.45) is 7.57. The lowest BCUT2D eigenvalue weighted by molar-refractivity contribution is 0.0694. The highest BCUT2D eigenvalue weighted by Crippen LogP contribution is 2.19. The van der Waals surface area contributed by atoms with Gasteiger partial charge in [0.2, 0.25) is 0 Å². The van der Waals surface area contributed by atoms with Gasteiger partial charge in [0.05, 0.1) is 5.56 Å². The van der Waals surface area contributed by atoms with Gasteiger partial charge in [0.15, 0.2) is 0 Å². The first-order valence-electron chi connectivity index (χ1n) is 11.0. The topological polar surface area (TPSA) is 97.0 Å². The lowest BCUT2D eigenvalue weighted by Gasteiger charge is -2.36. The molecular formula is C20H31N5O4S. The van der Waals surface area contributed by atoms with E-state index >= 15 is 0 Å². The van der Waals surface area contributed by atoms with E-state index in [9.17, 15) is 18.0 Å². The zero-order valence-electron chi connectivity index (χ0n) is 17.4. The molecule has 2 amide bonds. The van der Waals surface area contributed by atoms with Crippen molar-refractivity contribution in [1.29, 1.82) is 0 Å². The van der Waals surface area contributed by atoms with Crippen molar-refractivity contribution in [3.8, 4) is 0 Å². The van der Waals surface area contributed by atoms with E-state index in [0.717, 1.165) is 51.6 Å². The summed E-state index contributed by atoms with van der Waals surface area (Å²) >= 11 is 0. The molecule has 1 aromatic heterocycles. The van der Waals surface area contributed by atoms with Crippen LogP contribution in [0.5, 0.6) is 0 Å². The summed E-state index contributed by atoms with van der Waals surface area (Å²) in [4.78, 5) is 31.7. The Bertz CT molecular complexity index is 862. The molecule has 0 radical (unpaired) electrons. The molecule has 1 aromatic rings. The summed E-state index contributed by atoms with van der Waals surface area (Å²) in [5, 5.41) is 0. The molecule has 0 aliphatic carbocycles. The molecule has 1 N–H and O–H groups in total. The Morgan fingerprint density at radius 1 is 0.700 bits per heavy atom. The maximum absolute atomic E-state index is 12.9. The van der Waals surface area contributed by atoms with Gasteiger partial charge in [-0.3, -0.25) is 9.59 Å². The molecule has 0 atom stereocenters. The lowest BCUT2D eigenvalue weighted by atomic mass is 10.2. The molecule has 0 saturated carbocycles. The summed E-state index contributed by atoms with van der Waals surface area (Å²) in [5.41, 5.74) is 0.879. The van der Waals surface area contributed by atoms with Crippen molar-refractivity contribution in [1.82, 2.24) is 23.4 Å². The Hall–Kier alpha value is -1.91. The van der Waals surface area contributed by atoms with Gasteiger partial charge >= 0.3 is 0 Å². The molecule has 0 unspecified atom stereocenters. The van der Waals surface area contributed by atoms with Gasteiger partial charge < -0.3 is 14.8 Å².